The molecule has 98 valence electrons. The molecule has 0 spiro atoms. The van der Waals surface area contributed by atoms with Crippen molar-refractivity contribution in [3.05, 3.63) is 35.4 Å². The largest absolute Gasteiger partial charge is 0.405 e. The van der Waals surface area contributed by atoms with Gasteiger partial charge in [-0.15, -0.1) is 0 Å². The Bertz CT molecular complexity index is 435. The minimum absolute atomic E-state index is 0.218. The third kappa shape index (κ3) is 3.74. The van der Waals surface area contributed by atoms with Gasteiger partial charge in [-0.1, -0.05) is 24.3 Å². The first-order valence-corrected chi connectivity index (χ1v) is 5.61. The molecular weight excluding hydrogens is 241 g/mol. The summed E-state index contributed by atoms with van der Waals surface area (Å²) in [6.45, 7) is 3.29. The molecule has 0 saturated carbocycles. The van der Waals surface area contributed by atoms with E-state index in [4.69, 9.17) is 5.26 Å². The van der Waals surface area contributed by atoms with Crippen LogP contribution in [0.5, 0.6) is 0 Å². The predicted molar refractivity (Wildman–Crippen MR) is 62.8 cm³/mol. The first kappa shape index (κ1) is 14.5. The molecular formula is C13H15F3N2. The van der Waals surface area contributed by atoms with Crippen LogP contribution in [0.4, 0.5) is 13.2 Å². The van der Waals surface area contributed by atoms with Gasteiger partial charge in [0.25, 0.3) is 0 Å². The standard InChI is InChI=1S/C13H15F3N2/c1-9-5-3-4-6-12(9)10(2)18-8-11(7-17)13(14,15)16/h3-6,10-11,18H,8H2,1-2H3/t10-,11?/m0/s1. The van der Waals surface area contributed by atoms with E-state index in [1.54, 1.807) is 6.92 Å². The Morgan fingerprint density at radius 2 is 1.94 bits per heavy atom. The van der Waals surface area contributed by atoms with Crippen molar-refractivity contribution in [1.29, 1.82) is 5.26 Å². The van der Waals surface area contributed by atoms with Crippen LogP contribution in [0.25, 0.3) is 0 Å². The quantitative estimate of drug-likeness (QED) is 0.896. The molecule has 2 atom stereocenters. The van der Waals surface area contributed by atoms with E-state index < -0.39 is 18.6 Å². The van der Waals surface area contributed by atoms with E-state index >= 15 is 0 Å². The summed E-state index contributed by atoms with van der Waals surface area (Å²) in [4.78, 5) is 0. The lowest BCUT2D eigenvalue weighted by Crippen LogP contribution is -2.33. The molecule has 0 saturated heterocycles. The van der Waals surface area contributed by atoms with Crippen LogP contribution in [-0.4, -0.2) is 12.7 Å². The molecule has 1 N–H and O–H groups in total. The zero-order valence-electron chi connectivity index (χ0n) is 10.3. The second-order valence-corrected chi connectivity index (χ2v) is 4.21. The maximum absolute atomic E-state index is 12.4. The van der Waals surface area contributed by atoms with Crippen LogP contribution < -0.4 is 5.32 Å². The Kier molecular flexibility index (Phi) is 4.74. The molecule has 5 heteroatoms. The molecule has 1 unspecified atom stereocenters. The zero-order chi connectivity index (χ0) is 13.8. The SMILES string of the molecule is Cc1ccccc1[C@H](C)NCC(C#N)C(F)(F)F. The number of benzene rings is 1. The van der Waals surface area contributed by atoms with Gasteiger partial charge < -0.3 is 5.32 Å². The normalized spacial score (nSPS) is 14.9. The Labute approximate surface area is 104 Å². The molecule has 0 aromatic heterocycles. The Hall–Kier alpha value is -1.54. The number of nitriles is 1. The average molecular weight is 256 g/mol. The molecule has 1 aromatic carbocycles. The molecule has 2 nitrogen and oxygen atoms in total. The first-order valence-electron chi connectivity index (χ1n) is 5.61. The highest BCUT2D eigenvalue weighted by atomic mass is 19.4. The summed E-state index contributed by atoms with van der Waals surface area (Å²) in [5.74, 6) is -1.97. The van der Waals surface area contributed by atoms with Crippen LogP contribution in [0, 0.1) is 24.2 Å². The summed E-state index contributed by atoms with van der Waals surface area (Å²) in [6.07, 6.45) is -4.48. The molecule has 0 fully saturated rings. The van der Waals surface area contributed by atoms with Crippen molar-refractivity contribution in [3.63, 3.8) is 0 Å². The highest BCUT2D eigenvalue weighted by Gasteiger charge is 2.39. The molecule has 0 heterocycles. The van der Waals surface area contributed by atoms with Gasteiger partial charge in [-0.3, -0.25) is 0 Å². The molecule has 1 rings (SSSR count). The van der Waals surface area contributed by atoms with Gasteiger partial charge in [-0.2, -0.15) is 18.4 Å². The summed E-state index contributed by atoms with van der Waals surface area (Å²) in [6, 6.07) is 8.54. The van der Waals surface area contributed by atoms with E-state index in [9.17, 15) is 13.2 Å². The van der Waals surface area contributed by atoms with E-state index in [1.165, 1.54) is 6.07 Å². The lowest BCUT2D eigenvalue weighted by Gasteiger charge is -2.19. The number of hydrogen-bond acceptors (Lipinski definition) is 2. The van der Waals surface area contributed by atoms with Crippen LogP contribution in [0.3, 0.4) is 0 Å². The van der Waals surface area contributed by atoms with E-state index in [2.05, 4.69) is 5.32 Å². The molecule has 0 bridgehead atoms. The fourth-order valence-corrected chi connectivity index (χ4v) is 1.71. The van der Waals surface area contributed by atoms with Gasteiger partial charge in [0.1, 0.15) is 0 Å². The van der Waals surface area contributed by atoms with Crippen molar-refractivity contribution >= 4 is 0 Å². The number of hydrogen-bond donors (Lipinski definition) is 1. The van der Waals surface area contributed by atoms with Crippen molar-refractivity contribution < 1.29 is 13.2 Å². The average Bonchev–Trinajstić information content (AvgIpc) is 2.28. The molecule has 0 aliphatic heterocycles. The smallest absolute Gasteiger partial charge is 0.309 e. The summed E-state index contributed by atoms with van der Waals surface area (Å²) in [7, 11) is 0. The minimum atomic E-state index is -4.48. The third-order valence-electron chi connectivity index (χ3n) is 2.83. The summed E-state index contributed by atoms with van der Waals surface area (Å²) >= 11 is 0. The number of halogens is 3. The zero-order valence-corrected chi connectivity index (χ0v) is 10.3. The number of nitrogens with one attached hydrogen (secondary N) is 1. The second kappa shape index (κ2) is 5.87. The Morgan fingerprint density at radius 3 is 2.44 bits per heavy atom. The number of aryl methyl sites for hydroxylation is 1. The monoisotopic (exact) mass is 256 g/mol. The van der Waals surface area contributed by atoms with E-state index in [0.717, 1.165) is 11.1 Å². The maximum Gasteiger partial charge on any atom is 0.405 e. The molecule has 1 aromatic rings. The maximum atomic E-state index is 12.4. The highest BCUT2D eigenvalue weighted by Crippen LogP contribution is 2.26. The lowest BCUT2D eigenvalue weighted by atomic mass is 10.0. The minimum Gasteiger partial charge on any atom is -0.309 e. The van der Waals surface area contributed by atoms with Crippen molar-refractivity contribution in [2.24, 2.45) is 5.92 Å². The van der Waals surface area contributed by atoms with E-state index in [0.29, 0.717) is 0 Å². The topological polar surface area (TPSA) is 35.8 Å². The van der Waals surface area contributed by atoms with Crippen LogP contribution in [0.1, 0.15) is 24.1 Å². The van der Waals surface area contributed by atoms with Gasteiger partial charge in [0.2, 0.25) is 0 Å². The highest BCUT2D eigenvalue weighted by molar-refractivity contribution is 5.28. The van der Waals surface area contributed by atoms with Gasteiger partial charge in [-0.05, 0) is 25.0 Å². The Balaban J connectivity index is 2.65. The molecule has 0 aliphatic rings. The van der Waals surface area contributed by atoms with Gasteiger partial charge in [-0.25, -0.2) is 0 Å². The van der Waals surface area contributed by atoms with Gasteiger partial charge >= 0.3 is 6.18 Å². The predicted octanol–water partition coefficient (Wildman–Crippen LogP) is 3.35. The van der Waals surface area contributed by atoms with Crippen molar-refractivity contribution in [3.8, 4) is 6.07 Å². The van der Waals surface area contributed by atoms with Crippen LogP contribution in [0.2, 0.25) is 0 Å². The van der Waals surface area contributed by atoms with Crippen LogP contribution >= 0.6 is 0 Å². The van der Waals surface area contributed by atoms with Crippen molar-refractivity contribution in [2.75, 3.05) is 6.54 Å². The van der Waals surface area contributed by atoms with Crippen LogP contribution in [0.15, 0.2) is 24.3 Å². The van der Waals surface area contributed by atoms with Gasteiger partial charge in [0.05, 0.1) is 6.07 Å². The van der Waals surface area contributed by atoms with Gasteiger partial charge in [0.15, 0.2) is 5.92 Å². The summed E-state index contributed by atoms with van der Waals surface area (Å²) in [5.41, 5.74) is 1.95. The molecule has 0 aliphatic carbocycles. The number of nitrogens with zero attached hydrogens (tertiary/aromatic N) is 1. The first-order chi connectivity index (χ1) is 8.36. The third-order valence-corrected chi connectivity index (χ3v) is 2.83. The van der Waals surface area contributed by atoms with Crippen molar-refractivity contribution in [2.45, 2.75) is 26.1 Å². The fraction of sp³-hybridized carbons (Fsp3) is 0.462. The number of alkyl halides is 3. The van der Waals surface area contributed by atoms with Crippen LogP contribution in [-0.2, 0) is 0 Å². The summed E-state index contributed by atoms with van der Waals surface area (Å²) in [5, 5.41) is 11.2. The number of rotatable bonds is 4. The molecule has 0 radical (unpaired) electrons. The second-order valence-electron chi connectivity index (χ2n) is 4.21. The van der Waals surface area contributed by atoms with Crippen molar-refractivity contribution in [1.82, 2.24) is 5.32 Å². The van der Waals surface area contributed by atoms with Gasteiger partial charge in [0, 0.05) is 12.6 Å². The molecule has 18 heavy (non-hydrogen) atoms. The lowest BCUT2D eigenvalue weighted by molar-refractivity contribution is -0.157. The summed E-state index contributed by atoms with van der Waals surface area (Å²) < 4.78 is 37.2. The Morgan fingerprint density at radius 1 is 1.33 bits per heavy atom. The van der Waals surface area contributed by atoms with E-state index in [-0.39, 0.29) is 6.04 Å². The van der Waals surface area contributed by atoms with E-state index in [1.807, 2.05) is 31.2 Å². The fourth-order valence-electron chi connectivity index (χ4n) is 1.71. The molecule has 0 amide bonds.